The first kappa shape index (κ1) is 11.7. The summed E-state index contributed by atoms with van der Waals surface area (Å²) in [4.78, 5) is 13.8. The van der Waals surface area contributed by atoms with E-state index in [4.69, 9.17) is 4.74 Å². The van der Waals surface area contributed by atoms with Gasteiger partial charge >= 0.3 is 0 Å². The minimum absolute atomic E-state index is 0.0675. The van der Waals surface area contributed by atoms with Crippen LogP contribution >= 0.6 is 0 Å². The van der Waals surface area contributed by atoms with Gasteiger partial charge in [-0.2, -0.15) is 0 Å². The molecule has 0 amide bonds. The summed E-state index contributed by atoms with van der Waals surface area (Å²) in [6, 6.07) is 0.0675. The number of morpholine rings is 1. The minimum atomic E-state index is 0.0675. The molecule has 0 aromatic carbocycles. The van der Waals surface area contributed by atoms with Gasteiger partial charge < -0.3 is 4.74 Å². The molecule has 2 atom stereocenters. The standard InChI is InChI=1S/C11H21NO2/c1-4-10-8-12(6-7-14-10)9(3)11(13)5-2/h9-10H,4-8H2,1-3H3. The molecule has 0 spiro atoms. The molecule has 3 nitrogen and oxygen atoms in total. The fourth-order valence-electron chi connectivity index (χ4n) is 1.84. The van der Waals surface area contributed by atoms with Gasteiger partial charge in [-0.1, -0.05) is 13.8 Å². The fourth-order valence-corrected chi connectivity index (χ4v) is 1.84. The van der Waals surface area contributed by atoms with Gasteiger partial charge in [0.15, 0.2) is 0 Å². The van der Waals surface area contributed by atoms with Crippen molar-refractivity contribution >= 4 is 5.78 Å². The first-order chi connectivity index (χ1) is 6.69. The minimum Gasteiger partial charge on any atom is -0.376 e. The molecule has 1 saturated heterocycles. The topological polar surface area (TPSA) is 29.5 Å². The predicted molar refractivity (Wildman–Crippen MR) is 56.4 cm³/mol. The summed E-state index contributed by atoms with van der Waals surface area (Å²) in [6.45, 7) is 8.62. The smallest absolute Gasteiger partial charge is 0.149 e. The highest BCUT2D eigenvalue weighted by molar-refractivity contribution is 5.83. The maximum atomic E-state index is 11.5. The number of ketones is 1. The molecular weight excluding hydrogens is 178 g/mol. The van der Waals surface area contributed by atoms with Crippen molar-refractivity contribution in [2.24, 2.45) is 0 Å². The van der Waals surface area contributed by atoms with Gasteiger partial charge in [-0.3, -0.25) is 9.69 Å². The Kier molecular flexibility index (Phi) is 4.55. The maximum absolute atomic E-state index is 11.5. The van der Waals surface area contributed by atoms with Crippen LogP contribution in [0.3, 0.4) is 0 Å². The van der Waals surface area contributed by atoms with Crippen LogP contribution in [0.1, 0.15) is 33.6 Å². The van der Waals surface area contributed by atoms with Crippen molar-refractivity contribution in [3.63, 3.8) is 0 Å². The Morgan fingerprint density at radius 3 is 2.86 bits per heavy atom. The molecule has 0 radical (unpaired) electrons. The lowest BCUT2D eigenvalue weighted by Crippen LogP contribution is -2.49. The Morgan fingerprint density at radius 1 is 1.57 bits per heavy atom. The zero-order valence-corrected chi connectivity index (χ0v) is 9.45. The summed E-state index contributed by atoms with van der Waals surface area (Å²) in [5, 5.41) is 0. The quantitative estimate of drug-likeness (QED) is 0.686. The van der Waals surface area contributed by atoms with Crippen LogP contribution in [0.5, 0.6) is 0 Å². The average molecular weight is 199 g/mol. The molecular formula is C11H21NO2. The number of rotatable bonds is 4. The van der Waals surface area contributed by atoms with Crippen LogP contribution in [0.15, 0.2) is 0 Å². The van der Waals surface area contributed by atoms with E-state index >= 15 is 0 Å². The Labute approximate surface area is 86.4 Å². The van der Waals surface area contributed by atoms with Crippen molar-refractivity contribution in [2.75, 3.05) is 19.7 Å². The molecule has 1 aliphatic rings. The van der Waals surface area contributed by atoms with Crippen molar-refractivity contribution in [3.8, 4) is 0 Å². The second-order valence-corrected chi connectivity index (χ2v) is 3.89. The Balaban J connectivity index is 2.46. The van der Waals surface area contributed by atoms with Crippen LogP contribution in [0.4, 0.5) is 0 Å². The number of nitrogens with zero attached hydrogens (tertiary/aromatic N) is 1. The first-order valence-corrected chi connectivity index (χ1v) is 5.57. The van der Waals surface area contributed by atoms with Crippen LogP contribution in [-0.2, 0) is 9.53 Å². The van der Waals surface area contributed by atoms with E-state index in [0.29, 0.717) is 18.3 Å². The van der Waals surface area contributed by atoms with E-state index in [9.17, 15) is 4.79 Å². The lowest BCUT2D eigenvalue weighted by Gasteiger charge is -2.35. The molecule has 1 aliphatic heterocycles. The number of hydrogen-bond acceptors (Lipinski definition) is 3. The van der Waals surface area contributed by atoms with E-state index < -0.39 is 0 Å². The maximum Gasteiger partial charge on any atom is 0.149 e. The molecule has 3 heteroatoms. The molecule has 1 fully saturated rings. The molecule has 14 heavy (non-hydrogen) atoms. The highest BCUT2D eigenvalue weighted by Crippen LogP contribution is 2.12. The van der Waals surface area contributed by atoms with Gasteiger partial charge in [0, 0.05) is 19.5 Å². The van der Waals surface area contributed by atoms with Crippen molar-refractivity contribution in [2.45, 2.75) is 45.8 Å². The van der Waals surface area contributed by atoms with Gasteiger partial charge in [-0.15, -0.1) is 0 Å². The second-order valence-electron chi connectivity index (χ2n) is 3.89. The number of ether oxygens (including phenoxy) is 1. The number of hydrogen-bond donors (Lipinski definition) is 0. The monoisotopic (exact) mass is 199 g/mol. The van der Waals surface area contributed by atoms with Gasteiger partial charge in [0.25, 0.3) is 0 Å². The third-order valence-electron chi connectivity index (χ3n) is 2.99. The van der Waals surface area contributed by atoms with Crippen molar-refractivity contribution < 1.29 is 9.53 Å². The number of carbonyl (C=O) groups is 1. The van der Waals surface area contributed by atoms with E-state index in [1.165, 1.54) is 0 Å². The molecule has 0 aliphatic carbocycles. The zero-order chi connectivity index (χ0) is 10.6. The largest absolute Gasteiger partial charge is 0.376 e. The van der Waals surface area contributed by atoms with Gasteiger partial charge in [0.1, 0.15) is 5.78 Å². The lowest BCUT2D eigenvalue weighted by atomic mass is 10.1. The molecule has 0 saturated carbocycles. The van der Waals surface area contributed by atoms with E-state index in [1.807, 2.05) is 13.8 Å². The van der Waals surface area contributed by atoms with E-state index in [-0.39, 0.29) is 6.04 Å². The van der Waals surface area contributed by atoms with E-state index in [1.54, 1.807) is 0 Å². The predicted octanol–water partition coefficient (Wildman–Crippen LogP) is 1.46. The summed E-state index contributed by atoms with van der Waals surface area (Å²) in [7, 11) is 0. The summed E-state index contributed by atoms with van der Waals surface area (Å²) in [5.41, 5.74) is 0. The average Bonchev–Trinajstić information content (AvgIpc) is 2.27. The summed E-state index contributed by atoms with van der Waals surface area (Å²) in [5.74, 6) is 0.335. The Bertz CT molecular complexity index is 194. The number of Topliss-reactive ketones (excluding diaryl/α,β-unsaturated/α-hetero) is 1. The van der Waals surface area contributed by atoms with Crippen LogP contribution in [0, 0.1) is 0 Å². The SMILES string of the molecule is CCC(=O)C(C)N1CCOC(CC)C1. The van der Waals surface area contributed by atoms with E-state index in [2.05, 4.69) is 11.8 Å². The fraction of sp³-hybridized carbons (Fsp3) is 0.909. The molecule has 0 N–H and O–H groups in total. The molecule has 82 valence electrons. The zero-order valence-electron chi connectivity index (χ0n) is 9.45. The van der Waals surface area contributed by atoms with E-state index in [0.717, 1.165) is 26.1 Å². The molecule has 0 aromatic heterocycles. The molecule has 1 rings (SSSR count). The molecule has 2 unspecified atom stereocenters. The molecule has 0 bridgehead atoms. The van der Waals surface area contributed by atoms with Crippen LogP contribution in [0.2, 0.25) is 0 Å². The first-order valence-electron chi connectivity index (χ1n) is 5.57. The van der Waals surface area contributed by atoms with Crippen LogP contribution in [0.25, 0.3) is 0 Å². The Morgan fingerprint density at radius 2 is 2.29 bits per heavy atom. The summed E-state index contributed by atoms with van der Waals surface area (Å²) < 4.78 is 5.57. The van der Waals surface area contributed by atoms with Crippen LogP contribution < -0.4 is 0 Å². The van der Waals surface area contributed by atoms with Gasteiger partial charge in [0.05, 0.1) is 18.8 Å². The highest BCUT2D eigenvalue weighted by atomic mass is 16.5. The van der Waals surface area contributed by atoms with Gasteiger partial charge in [-0.25, -0.2) is 0 Å². The lowest BCUT2D eigenvalue weighted by molar-refractivity contribution is -0.126. The third kappa shape index (κ3) is 2.79. The molecule has 0 aromatic rings. The van der Waals surface area contributed by atoms with Crippen LogP contribution in [-0.4, -0.2) is 42.5 Å². The third-order valence-corrected chi connectivity index (χ3v) is 2.99. The highest BCUT2D eigenvalue weighted by Gasteiger charge is 2.25. The Hall–Kier alpha value is -0.410. The second kappa shape index (κ2) is 5.47. The van der Waals surface area contributed by atoms with Crippen molar-refractivity contribution in [1.29, 1.82) is 0 Å². The van der Waals surface area contributed by atoms with Gasteiger partial charge in [-0.05, 0) is 13.3 Å². The van der Waals surface area contributed by atoms with Crippen molar-refractivity contribution in [3.05, 3.63) is 0 Å². The summed E-state index contributed by atoms with van der Waals surface area (Å²) in [6.07, 6.45) is 1.98. The molecule has 1 heterocycles. The van der Waals surface area contributed by atoms with Gasteiger partial charge in [0.2, 0.25) is 0 Å². The number of carbonyl (C=O) groups excluding carboxylic acids is 1. The van der Waals surface area contributed by atoms with Crippen molar-refractivity contribution in [1.82, 2.24) is 4.90 Å². The normalized spacial score (nSPS) is 26.1. The summed E-state index contributed by atoms with van der Waals surface area (Å²) >= 11 is 0.